The summed E-state index contributed by atoms with van der Waals surface area (Å²) < 4.78 is 31.7. The molecule has 0 saturated heterocycles. The van der Waals surface area contributed by atoms with E-state index in [9.17, 15) is 23.5 Å². The van der Waals surface area contributed by atoms with E-state index in [1.807, 2.05) is 13.8 Å². The van der Waals surface area contributed by atoms with Gasteiger partial charge in [-0.05, 0) is 41.3 Å². The van der Waals surface area contributed by atoms with Crippen LogP contribution < -0.4 is 10.1 Å². The van der Waals surface area contributed by atoms with Crippen LogP contribution in [0.3, 0.4) is 0 Å². The molecule has 2 rings (SSSR count). The fourth-order valence-corrected chi connectivity index (χ4v) is 2.98. The number of aliphatic carboxylic acids is 1. The van der Waals surface area contributed by atoms with Gasteiger partial charge in [-0.1, -0.05) is 38.5 Å². The molecular formula is C22H25F2NO4S. The summed E-state index contributed by atoms with van der Waals surface area (Å²) in [7, 11) is 0. The number of carbonyl (C=O) groups excluding carboxylic acids is 1. The number of carboxylic acids is 1. The Bertz CT molecular complexity index is 876. The lowest BCUT2D eigenvalue weighted by Crippen LogP contribution is -2.46. The van der Waals surface area contributed by atoms with E-state index in [0.717, 1.165) is 18.6 Å². The van der Waals surface area contributed by atoms with Gasteiger partial charge in [0.05, 0.1) is 5.25 Å². The molecule has 0 heterocycles. The minimum absolute atomic E-state index is 0.0220. The Balaban J connectivity index is 1.95. The molecule has 0 fully saturated rings. The summed E-state index contributed by atoms with van der Waals surface area (Å²) in [5.74, 6) is -2.89. The van der Waals surface area contributed by atoms with Gasteiger partial charge in [-0.3, -0.25) is 4.79 Å². The summed E-state index contributed by atoms with van der Waals surface area (Å²) in [4.78, 5) is 23.8. The van der Waals surface area contributed by atoms with Crippen LogP contribution in [0.5, 0.6) is 5.75 Å². The highest BCUT2D eigenvalue weighted by Crippen LogP contribution is 2.18. The van der Waals surface area contributed by atoms with Crippen LogP contribution in [0.2, 0.25) is 0 Å². The van der Waals surface area contributed by atoms with E-state index in [0.29, 0.717) is 16.9 Å². The molecule has 2 N–H and O–H groups in total. The molecular weight excluding hydrogens is 412 g/mol. The van der Waals surface area contributed by atoms with E-state index in [1.54, 1.807) is 24.3 Å². The summed E-state index contributed by atoms with van der Waals surface area (Å²) in [6.45, 7) is 3.88. The fourth-order valence-electron chi connectivity index (χ4n) is 2.69. The summed E-state index contributed by atoms with van der Waals surface area (Å²) in [5, 5.41) is 11.4. The number of thiol groups is 1. The van der Waals surface area contributed by atoms with Crippen LogP contribution in [0, 0.1) is 17.6 Å². The summed E-state index contributed by atoms with van der Waals surface area (Å²) in [6, 6.07) is 9.13. The van der Waals surface area contributed by atoms with Crippen LogP contribution in [-0.2, 0) is 22.6 Å². The molecule has 30 heavy (non-hydrogen) atoms. The molecule has 1 unspecified atom stereocenters. The summed E-state index contributed by atoms with van der Waals surface area (Å²) >= 11 is 4.28. The molecule has 5 nitrogen and oxygen atoms in total. The van der Waals surface area contributed by atoms with Crippen LogP contribution in [0.4, 0.5) is 8.78 Å². The number of halogens is 2. The molecule has 0 aliphatic carbocycles. The zero-order valence-electron chi connectivity index (χ0n) is 16.8. The van der Waals surface area contributed by atoms with Crippen LogP contribution >= 0.6 is 12.6 Å². The van der Waals surface area contributed by atoms with Crippen LogP contribution in [0.15, 0.2) is 42.5 Å². The van der Waals surface area contributed by atoms with Gasteiger partial charge >= 0.3 is 5.97 Å². The third-order valence-corrected chi connectivity index (χ3v) is 5.56. The molecule has 8 heteroatoms. The number of hydrogen-bond donors (Lipinski definition) is 3. The lowest BCUT2D eigenvalue weighted by molar-refractivity contribution is -0.141. The Hall–Kier alpha value is -2.61. The van der Waals surface area contributed by atoms with Crippen molar-refractivity contribution in [2.75, 3.05) is 0 Å². The first-order chi connectivity index (χ1) is 14.2. The fraction of sp³-hybridized carbons (Fsp3) is 0.364. The van der Waals surface area contributed by atoms with Crippen LogP contribution in [0.25, 0.3) is 0 Å². The third-order valence-electron chi connectivity index (χ3n) is 4.82. The highest BCUT2D eigenvalue weighted by molar-refractivity contribution is 7.81. The van der Waals surface area contributed by atoms with E-state index >= 15 is 0 Å². The highest BCUT2D eigenvalue weighted by atomic mass is 32.1. The van der Waals surface area contributed by atoms with Gasteiger partial charge in [0.1, 0.15) is 18.4 Å². The van der Waals surface area contributed by atoms with Gasteiger partial charge < -0.3 is 15.2 Å². The number of ether oxygens (including phenoxy) is 1. The maximum atomic E-state index is 13.2. The molecule has 162 valence electrons. The van der Waals surface area contributed by atoms with Gasteiger partial charge in [-0.15, -0.1) is 0 Å². The SMILES string of the molecule is CC[C@@H](C)C(S)C(=O)N[C@@H](Cc1ccc(OCc2ccc(F)c(F)c2)cc1)C(=O)O. The molecule has 2 aromatic carbocycles. The van der Waals surface area contributed by atoms with Crippen molar-refractivity contribution in [3.8, 4) is 5.75 Å². The molecule has 0 saturated carbocycles. The van der Waals surface area contributed by atoms with Crippen molar-refractivity contribution in [1.82, 2.24) is 5.32 Å². The maximum Gasteiger partial charge on any atom is 0.326 e. The lowest BCUT2D eigenvalue weighted by atomic mass is 10.0. The Kier molecular flexibility index (Phi) is 8.65. The minimum Gasteiger partial charge on any atom is -0.489 e. The molecule has 0 aromatic heterocycles. The van der Waals surface area contributed by atoms with Gasteiger partial charge in [-0.25, -0.2) is 13.6 Å². The van der Waals surface area contributed by atoms with Crippen molar-refractivity contribution in [2.24, 2.45) is 5.92 Å². The number of nitrogens with one attached hydrogen (secondary N) is 1. The Morgan fingerprint density at radius 1 is 1.10 bits per heavy atom. The first-order valence-corrected chi connectivity index (χ1v) is 10.1. The first kappa shape index (κ1) is 23.7. The second-order valence-corrected chi connectivity index (χ2v) is 7.67. The molecule has 2 aromatic rings. The van der Waals surface area contributed by atoms with Crippen molar-refractivity contribution in [2.45, 2.75) is 44.6 Å². The van der Waals surface area contributed by atoms with Gasteiger partial charge in [0.15, 0.2) is 11.6 Å². The zero-order valence-corrected chi connectivity index (χ0v) is 17.7. The number of benzene rings is 2. The van der Waals surface area contributed by atoms with Gasteiger partial charge in [0.2, 0.25) is 5.91 Å². The predicted molar refractivity (Wildman–Crippen MR) is 113 cm³/mol. The van der Waals surface area contributed by atoms with Crippen LogP contribution in [-0.4, -0.2) is 28.3 Å². The van der Waals surface area contributed by atoms with Crippen LogP contribution in [0.1, 0.15) is 31.4 Å². The third kappa shape index (κ3) is 6.73. The second-order valence-electron chi connectivity index (χ2n) is 7.11. The Morgan fingerprint density at radius 3 is 2.30 bits per heavy atom. The molecule has 3 atom stereocenters. The smallest absolute Gasteiger partial charge is 0.326 e. The number of hydrogen-bond acceptors (Lipinski definition) is 4. The predicted octanol–water partition coefficient (Wildman–Crippen LogP) is 4.00. The van der Waals surface area contributed by atoms with E-state index in [1.165, 1.54) is 6.07 Å². The molecule has 0 bridgehead atoms. The van der Waals surface area contributed by atoms with E-state index < -0.39 is 34.8 Å². The van der Waals surface area contributed by atoms with Gasteiger partial charge in [0.25, 0.3) is 0 Å². The van der Waals surface area contributed by atoms with E-state index in [4.69, 9.17) is 4.74 Å². The molecule has 0 radical (unpaired) electrons. The number of carbonyl (C=O) groups is 2. The number of carboxylic acid groups (broad SMARTS) is 1. The molecule has 0 spiro atoms. The summed E-state index contributed by atoms with van der Waals surface area (Å²) in [6.07, 6.45) is 0.858. The van der Waals surface area contributed by atoms with Gasteiger partial charge in [0, 0.05) is 6.42 Å². The lowest BCUT2D eigenvalue weighted by Gasteiger charge is -2.21. The van der Waals surface area contributed by atoms with Crippen molar-refractivity contribution in [1.29, 1.82) is 0 Å². The van der Waals surface area contributed by atoms with Crippen molar-refractivity contribution in [3.63, 3.8) is 0 Å². The van der Waals surface area contributed by atoms with E-state index in [2.05, 4.69) is 17.9 Å². The van der Waals surface area contributed by atoms with Crippen molar-refractivity contribution in [3.05, 3.63) is 65.2 Å². The monoisotopic (exact) mass is 437 g/mol. The Morgan fingerprint density at radius 2 is 1.73 bits per heavy atom. The van der Waals surface area contributed by atoms with Crippen molar-refractivity contribution >= 4 is 24.5 Å². The average Bonchev–Trinajstić information content (AvgIpc) is 2.73. The summed E-state index contributed by atoms with van der Waals surface area (Å²) in [5.41, 5.74) is 1.18. The average molecular weight is 438 g/mol. The quantitative estimate of drug-likeness (QED) is 0.491. The normalized spacial score (nSPS) is 13.9. The number of rotatable bonds is 10. The largest absolute Gasteiger partial charge is 0.489 e. The van der Waals surface area contributed by atoms with E-state index in [-0.39, 0.29) is 18.9 Å². The maximum absolute atomic E-state index is 13.2. The zero-order chi connectivity index (χ0) is 22.3. The highest BCUT2D eigenvalue weighted by Gasteiger charge is 2.26. The first-order valence-electron chi connectivity index (χ1n) is 9.58. The van der Waals surface area contributed by atoms with Gasteiger partial charge in [-0.2, -0.15) is 12.6 Å². The topological polar surface area (TPSA) is 75.6 Å². The number of amides is 1. The standard InChI is InChI=1S/C22H25F2NO4S/c1-3-13(2)20(30)21(26)25-19(22(27)28)11-14-4-7-16(8-5-14)29-12-15-6-9-17(23)18(24)10-15/h4-10,13,19-20,30H,3,11-12H2,1-2H3,(H,25,26)(H,27,28)/t13-,19+,20?/m1/s1. The Labute approximate surface area is 179 Å². The van der Waals surface area contributed by atoms with Crippen molar-refractivity contribution < 1.29 is 28.2 Å². The molecule has 0 aliphatic rings. The minimum atomic E-state index is -1.13. The second kappa shape index (κ2) is 11.0. The molecule has 1 amide bonds. The molecule has 0 aliphatic heterocycles.